The van der Waals surface area contributed by atoms with Crippen molar-refractivity contribution in [1.82, 2.24) is 3.82 Å². The van der Waals surface area contributed by atoms with Crippen LogP contribution in [0.3, 0.4) is 0 Å². The second-order valence-electron chi connectivity index (χ2n) is 6.78. The van der Waals surface area contributed by atoms with Crippen molar-refractivity contribution in [3.05, 3.63) is 0 Å². The van der Waals surface area contributed by atoms with Gasteiger partial charge in [0.05, 0.1) is 25.1 Å². The van der Waals surface area contributed by atoms with E-state index < -0.39 is 41.0 Å². The number of halogens is 3. The van der Waals surface area contributed by atoms with Gasteiger partial charge in [-0.3, -0.25) is 0 Å². The number of epoxide rings is 1. The molecule has 1 saturated heterocycles. The molecular weight excluding hydrogens is 389 g/mol. The van der Waals surface area contributed by atoms with Crippen molar-refractivity contribution in [1.29, 1.82) is 0 Å². The van der Waals surface area contributed by atoms with Crippen molar-refractivity contribution in [3.63, 3.8) is 0 Å². The van der Waals surface area contributed by atoms with Gasteiger partial charge in [-0.15, -0.1) is 0 Å². The molecule has 1 heterocycles. The van der Waals surface area contributed by atoms with Gasteiger partial charge in [-0.05, 0) is 40.8 Å². The maximum Gasteiger partial charge on any atom is 0.513 e. The highest BCUT2D eigenvalue weighted by Crippen LogP contribution is 2.50. The summed E-state index contributed by atoms with van der Waals surface area (Å²) in [5.41, 5.74) is -5.78. The van der Waals surface area contributed by atoms with E-state index in [4.69, 9.17) is 15.3 Å². The molecule has 0 aromatic carbocycles. The van der Waals surface area contributed by atoms with Crippen LogP contribution >= 0.6 is 0 Å². The summed E-state index contributed by atoms with van der Waals surface area (Å²) < 4.78 is 93.9. The molecule has 2 bridgehead atoms. The van der Waals surface area contributed by atoms with Gasteiger partial charge in [0.2, 0.25) is 10.0 Å². The lowest BCUT2D eigenvalue weighted by Gasteiger charge is -2.30. The van der Waals surface area contributed by atoms with E-state index in [9.17, 15) is 30.0 Å². The van der Waals surface area contributed by atoms with E-state index in [1.807, 2.05) is 0 Å². The Morgan fingerprint density at radius 1 is 1.16 bits per heavy atom. The van der Waals surface area contributed by atoms with Crippen LogP contribution in [0.4, 0.5) is 13.2 Å². The van der Waals surface area contributed by atoms with E-state index in [-0.39, 0.29) is 24.0 Å². The minimum absolute atomic E-state index is 0.0535. The topological polar surface area (TPSA) is 119 Å². The Balaban J connectivity index is 1.66. The molecule has 2 N–H and O–H groups in total. The summed E-state index contributed by atoms with van der Waals surface area (Å²) in [6, 6.07) is 0. The summed E-state index contributed by atoms with van der Waals surface area (Å²) in [7, 11) is -11.0. The van der Waals surface area contributed by atoms with Crippen molar-refractivity contribution >= 4 is 20.0 Å². The lowest BCUT2D eigenvalue weighted by molar-refractivity contribution is -0.0470. The molecule has 3 rings (SSSR count). The van der Waals surface area contributed by atoms with Crippen LogP contribution in [-0.2, 0) is 29.5 Å². The zero-order valence-electron chi connectivity index (χ0n) is 13.1. The van der Waals surface area contributed by atoms with Gasteiger partial charge in [0.1, 0.15) is 6.10 Å². The van der Waals surface area contributed by atoms with E-state index in [2.05, 4.69) is 0 Å². The fourth-order valence-electron chi connectivity index (χ4n) is 3.80. The maximum atomic E-state index is 12.5. The van der Waals surface area contributed by atoms with Crippen LogP contribution < -0.4 is 5.84 Å². The van der Waals surface area contributed by atoms with E-state index in [1.54, 1.807) is 0 Å². The fourth-order valence-corrected chi connectivity index (χ4v) is 6.71. The quantitative estimate of drug-likeness (QED) is 0.362. The molecule has 2 saturated carbocycles. The number of nitrogens with two attached hydrogens (primary N) is 1. The second-order valence-corrected chi connectivity index (χ2v) is 10.7. The smallest absolute Gasteiger partial charge is 0.375 e. The normalized spacial score (nSPS) is 35.5. The summed E-state index contributed by atoms with van der Waals surface area (Å²) in [5, 5.41) is 0. The van der Waals surface area contributed by atoms with Crippen LogP contribution in [0.5, 0.6) is 0 Å². The number of fused-ring (bicyclic) bond motifs is 2. The molecule has 1 aliphatic heterocycles. The van der Waals surface area contributed by atoms with Gasteiger partial charge in [0.15, 0.2) is 0 Å². The highest BCUT2D eigenvalue weighted by atomic mass is 32.3. The highest BCUT2D eigenvalue weighted by Gasteiger charge is 2.55. The van der Waals surface area contributed by atoms with Gasteiger partial charge >= 0.3 is 15.5 Å². The third-order valence-electron chi connectivity index (χ3n) is 5.02. The first-order valence-electron chi connectivity index (χ1n) is 7.74. The Bertz CT molecular complexity index is 722. The predicted molar refractivity (Wildman–Crippen MR) is 78.6 cm³/mol. The summed E-state index contributed by atoms with van der Waals surface area (Å²) >= 11 is 0. The van der Waals surface area contributed by atoms with Gasteiger partial charge in [-0.25, -0.2) is 22.7 Å². The van der Waals surface area contributed by atoms with Crippen LogP contribution in [0.1, 0.15) is 19.3 Å². The van der Waals surface area contributed by atoms with Crippen molar-refractivity contribution in [2.24, 2.45) is 23.6 Å². The Morgan fingerprint density at radius 2 is 1.80 bits per heavy atom. The van der Waals surface area contributed by atoms with Crippen molar-refractivity contribution in [2.75, 3.05) is 19.0 Å². The third kappa shape index (κ3) is 3.81. The number of rotatable bonds is 7. The highest BCUT2D eigenvalue weighted by molar-refractivity contribution is 8.04. The minimum Gasteiger partial charge on any atom is -0.375 e. The van der Waals surface area contributed by atoms with Crippen LogP contribution in [0.25, 0.3) is 0 Å². The summed E-state index contributed by atoms with van der Waals surface area (Å²) in [6.45, 7) is 1.02. The van der Waals surface area contributed by atoms with E-state index >= 15 is 0 Å². The molecule has 0 amide bonds. The predicted octanol–water partition coefficient (Wildman–Crippen LogP) is 0.172. The van der Waals surface area contributed by atoms with Gasteiger partial charge in [0, 0.05) is 0 Å². The van der Waals surface area contributed by atoms with Crippen LogP contribution in [0.15, 0.2) is 0 Å². The third-order valence-corrected chi connectivity index (χ3v) is 8.74. The molecule has 0 spiro atoms. The summed E-state index contributed by atoms with van der Waals surface area (Å²) in [4.78, 5) is 0. The van der Waals surface area contributed by atoms with Crippen molar-refractivity contribution in [2.45, 2.75) is 37.0 Å². The first-order chi connectivity index (χ1) is 11.4. The van der Waals surface area contributed by atoms with E-state index in [0.717, 1.165) is 6.42 Å². The molecule has 25 heavy (non-hydrogen) atoms. The molecule has 8 nitrogen and oxygen atoms in total. The number of sulfonamides is 2. The lowest BCUT2D eigenvalue weighted by Crippen LogP contribution is -2.50. The first-order valence-corrected chi connectivity index (χ1v) is 10.8. The Morgan fingerprint density at radius 3 is 2.32 bits per heavy atom. The summed E-state index contributed by atoms with van der Waals surface area (Å²) in [5.74, 6) is 3.67. The number of ether oxygens (including phenoxy) is 2. The van der Waals surface area contributed by atoms with Crippen molar-refractivity contribution < 1.29 is 39.5 Å². The van der Waals surface area contributed by atoms with E-state index in [1.165, 1.54) is 0 Å². The van der Waals surface area contributed by atoms with Gasteiger partial charge < -0.3 is 9.47 Å². The van der Waals surface area contributed by atoms with Crippen LogP contribution in [-0.4, -0.2) is 57.3 Å². The Labute approximate surface area is 143 Å². The van der Waals surface area contributed by atoms with Gasteiger partial charge in [-0.1, -0.05) is 0 Å². The largest absolute Gasteiger partial charge is 0.513 e. The average Bonchev–Trinajstić information content (AvgIpc) is 3.12. The number of alkyl halides is 3. The van der Waals surface area contributed by atoms with Gasteiger partial charge in [-0.2, -0.15) is 13.2 Å². The zero-order chi connectivity index (χ0) is 18.6. The van der Waals surface area contributed by atoms with E-state index in [0.29, 0.717) is 26.1 Å². The van der Waals surface area contributed by atoms with Crippen molar-refractivity contribution in [3.8, 4) is 0 Å². The zero-order valence-corrected chi connectivity index (χ0v) is 14.7. The minimum atomic E-state index is -6.14. The monoisotopic (exact) mass is 408 g/mol. The van der Waals surface area contributed by atoms with Crippen LogP contribution in [0, 0.1) is 17.8 Å². The Hall–Kier alpha value is -0.470. The number of nitrogens with zero attached hydrogens (tertiary/aromatic N) is 1. The number of hydrazine groups is 1. The maximum absolute atomic E-state index is 12.5. The number of hydrogen-bond donors (Lipinski definition) is 1. The lowest BCUT2D eigenvalue weighted by atomic mass is 9.88. The molecule has 13 heteroatoms. The fraction of sp³-hybridized carbons (Fsp3) is 1.00. The molecule has 0 aromatic rings. The van der Waals surface area contributed by atoms with Gasteiger partial charge in [0.25, 0.3) is 0 Å². The molecule has 5 unspecified atom stereocenters. The molecule has 2 aliphatic carbocycles. The molecule has 3 fully saturated rings. The molecule has 5 atom stereocenters. The molecule has 3 aliphatic rings. The molecule has 0 radical (unpaired) electrons. The molecule has 0 aromatic heterocycles. The average molecular weight is 408 g/mol. The second kappa shape index (κ2) is 6.30. The Kier molecular flexibility index (Phi) is 4.87. The number of hydrogen-bond acceptors (Lipinski definition) is 7. The molecule has 146 valence electrons. The first kappa shape index (κ1) is 19.3. The molecular formula is C12H19F3N2O6S2. The SMILES string of the molecule is NN(S(=O)(=O)CC1CC2CC(OCC3CO3)C1C2)S(=O)(=O)C(F)(F)F. The standard InChI is InChI=1S/C12H19F3N2O6S2/c13-12(14,15)25(20,21)17(16)24(18,19)6-8-1-7-2-10(8)11(3-7)23-5-9-4-22-9/h7-11H,1-6,16H2. The summed E-state index contributed by atoms with van der Waals surface area (Å²) in [6.07, 6.45) is 1.85. The van der Waals surface area contributed by atoms with Crippen LogP contribution in [0.2, 0.25) is 0 Å².